The molecule has 3 aromatic rings. The number of halogens is 6. The molecule has 0 spiro atoms. The fourth-order valence-electron chi connectivity index (χ4n) is 2.68. The van der Waals surface area contributed by atoms with E-state index >= 15 is 0 Å². The first-order valence-electron chi connectivity index (χ1n) is 9.34. The fraction of sp³-hybridized carbons (Fsp3) is 0.143. The van der Waals surface area contributed by atoms with Crippen LogP contribution in [0.5, 0.6) is 17.4 Å². The number of amides is 1. The van der Waals surface area contributed by atoms with Crippen LogP contribution in [0.25, 0.3) is 0 Å². The summed E-state index contributed by atoms with van der Waals surface area (Å²) in [5.41, 5.74) is -1.97. The predicted octanol–water partition coefficient (Wildman–Crippen LogP) is 5.45. The molecule has 3 rings (SSSR count). The standard InChI is InChI=1S/C21H14F6N2O5S/c1-35(31,32)16-4-2-3-13(10-16)29-18(30)17-9-12(20(22,23)24)11-28-19(17)33-14-5-7-15(8-6-14)34-21(25,26)27/h2-11H,1H3,(H,29,30). The van der Waals surface area contributed by atoms with Crippen LogP contribution in [-0.4, -0.2) is 31.9 Å². The van der Waals surface area contributed by atoms with Crippen LogP contribution in [0.1, 0.15) is 15.9 Å². The van der Waals surface area contributed by atoms with E-state index in [1.165, 1.54) is 18.2 Å². The van der Waals surface area contributed by atoms with E-state index in [0.29, 0.717) is 12.3 Å². The SMILES string of the molecule is CS(=O)(=O)c1cccc(NC(=O)c2cc(C(F)(F)F)cnc2Oc2ccc(OC(F)(F)F)cc2)c1. The Morgan fingerprint density at radius 2 is 1.57 bits per heavy atom. The first-order valence-corrected chi connectivity index (χ1v) is 11.2. The molecule has 35 heavy (non-hydrogen) atoms. The Kier molecular flexibility index (Phi) is 6.96. The molecular formula is C21H14F6N2O5S. The van der Waals surface area contributed by atoms with Crippen LogP contribution in [0.3, 0.4) is 0 Å². The van der Waals surface area contributed by atoms with Crippen molar-refractivity contribution in [1.29, 1.82) is 0 Å². The number of benzene rings is 2. The number of carbonyl (C=O) groups is 1. The number of anilines is 1. The van der Waals surface area contributed by atoms with Crippen molar-refractivity contribution in [3.05, 3.63) is 71.9 Å². The lowest BCUT2D eigenvalue weighted by Gasteiger charge is -2.14. The van der Waals surface area contributed by atoms with Crippen molar-refractivity contribution in [2.45, 2.75) is 17.4 Å². The van der Waals surface area contributed by atoms with Gasteiger partial charge in [-0.15, -0.1) is 13.2 Å². The van der Waals surface area contributed by atoms with Gasteiger partial charge in [-0.25, -0.2) is 13.4 Å². The molecule has 7 nitrogen and oxygen atoms in total. The topological polar surface area (TPSA) is 94.6 Å². The maximum Gasteiger partial charge on any atom is 0.573 e. The van der Waals surface area contributed by atoms with Crippen molar-refractivity contribution in [2.75, 3.05) is 11.6 Å². The van der Waals surface area contributed by atoms with Crippen LogP contribution in [0, 0.1) is 0 Å². The summed E-state index contributed by atoms with van der Waals surface area (Å²) in [6, 6.07) is 9.30. The van der Waals surface area contributed by atoms with Crippen molar-refractivity contribution < 1.29 is 49.0 Å². The zero-order chi connectivity index (χ0) is 26.0. The van der Waals surface area contributed by atoms with Gasteiger partial charge in [0.1, 0.15) is 17.1 Å². The third-order valence-corrected chi connectivity index (χ3v) is 5.33. The van der Waals surface area contributed by atoms with E-state index in [2.05, 4.69) is 15.0 Å². The van der Waals surface area contributed by atoms with E-state index < -0.39 is 51.0 Å². The Morgan fingerprint density at radius 3 is 2.14 bits per heavy atom. The average molecular weight is 520 g/mol. The van der Waals surface area contributed by atoms with Crippen molar-refractivity contribution in [3.8, 4) is 17.4 Å². The Bertz CT molecular complexity index is 1340. The van der Waals surface area contributed by atoms with E-state index in [9.17, 15) is 39.6 Å². The molecule has 1 heterocycles. The number of hydrogen-bond donors (Lipinski definition) is 1. The van der Waals surface area contributed by atoms with Crippen molar-refractivity contribution in [3.63, 3.8) is 0 Å². The molecule has 1 aromatic heterocycles. The number of alkyl halides is 6. The third-order valence-electron chi connectivity index (χ3n) is 4.21. The van der Waals surface area contributed by atoms with Gasteiger partial charge in [-0.3, -0.25) is 4.79 Å². The number of sulfone groups is 1. The van der Waals surface area contributed by atoms with Gasteiger partial charge in [0, 0.05) is 18.1 Å². The van der Waals surface area contributed by atoms with Gasteiger partial charge in [0.25, 0.3) is 5.91 Å². The zero-order valence-electron chi connectivity index (χ0n) is 17.4. The normalized spacial score (nSPS) is 12.2. The third kappa shape index (κ3) is 7.09. The van der Waals surface area contributed by atoms with Gasteiger partial charge < -0.3 is 14.8 Å². The first-order chi connectivity index (χ1) is 16.1. The molecule has 0 fully saturated rings. The Balaban J connectivity index is 1.93. The largest absolute Gasteiger partial charge is 0.573 e. The van der Waals surface area contributed by atoms with Crippen LogP contribution in [0.15, 0.2) is 65.7 Å². The molecule has 1 amide bonds. The van der Waals surface area contributed by atoms with E-state index in [1.807, 2.05) is 0 Å². The highest BCUT2D eigenvalue weighted by molar-refractivity contribution is 7.90. The fourth-order valence-corrected chi connectivity index (χ4v) is 3.34. The smallest absolute Gasteiger partial charge is 0.438 e. The summed E-state index contributed by atoms with van der Waals surface area (Å²) in [6.45, 7) is 0. The second kappa shape index (κ2) is 9.44. The molecular weight excluding hydrogens is 506 g/mol. The summed E-state index contributed by atoms with van der Waals surface area (Å²) in [7, 11) is -3.63. The maximum atomic E-state index is 13.2. The molecule has 0 saturated carbocycles. The number of rotatable bonds is 6. The maximum absolute atomic E-state index is 13.2. The summed E-state index contributed by atoms with van der Waals surface area (Å²) in [4.78, 5) is 16.2. The summed E-state index contributed by atoms with van der Waals surface area (Å²) in [5, 5.41) is 2.27. The molecule has 14 heteroatoms. The molecule has 0 aliphatic rings. The van der Waals surface area contributed by atoms with E-state index in [4.69, 9.17) is 4.74 Å². The van der Waals surface area contributed by atoms with Crippen molar-refractivity contribution >= 4 is 21.4 Å². The highest BCUT2D eigenvalue weighted by atomic mass is 32.2. The quantitative estimate of drug-likeness (QED) is 0.435. The van der Waals surface area contributed by atoms with E-state index in [-0.39, 0.29) is 16.3 Å². The van der Waals surface area contributed by atoms with Gasteiger partial charge in [0.05, 0.1) is 10.5 Å². The molecule has 1 N–H and O–H groups in total. The number of nitrogens with zero attached hydrogens (tertiary/aromatic N) is 1. The molecule has 186 valence electrons. The number of aromatic nitrogens is 1. The second-order valence-electron chi connectivity index (χ2n) is 6.95. The number of nitrogens with one attached hydrogen (secondary N) is 1. The summed E-state index contributed by atoms with van der Waals surface area (Å²) < 4.78 is 109. The van der Waals surface area contributed by atoms with Crippen LogP contribution in [-0.2, 0) is 16.0 Å². The molecule has 2 aromatic carbocycles. The Hall–Kier alpha value is -3.81. The van der Waals surface area contributed by atoms with Gasteiger partial charge in [0.2, 0.25) is 5.88 Å². The lowest BCUT2D eigenvalue weighted by molar-refractivity contribution is -0.274. The van der Waals surface area contributed by atoms with Gasteiger partial charge in [-0.2, -0.15) is 13.2 Å². The second-order valence-corrected chi connectivity index (χ2v) is 8.97. The predicted molar refractivity (Wildman–Crippen MR) is 110 cm³/mol. The van der Waals surface area contributed by atoms with Gasteiger partial charge >= 0.3 is 12.5 Å². The minimum atomic E-state index is -4.93. The lowest BCUT2D eigenvalue weighted by atomic mass is 10.1. The number of hydrogen-bond acceptors (Lipinski definition) is 6. The summed E-state index contributed by atoms with van der Waals surface area (Å²) in [5.74, 6) is -2.42. The van der Waals surface area contributed by atoms with Gasteiger partial charge in [-0.05, 0) is 48.5 Å². The van der Waals surface area contributed by atoms with Crippen LogP contribution in [0.2, 0.25) is 0 Å². The molecule has 0 bridgehead atoms. The molecule has 0 unspecified atom stereocenters. The lowest BCUT2D eigenvalue weighted by Crippen LogP contribution is -2.17. The molecule has 0 aliphatic heterocycles. The Morgan fingerprint density at radius 1 is 0.943 bits per heavy atom. The van der Waals surface area contributed by atoms with Crippen molar-refractivity contribution in [1.82, 2.24) is 4.98 Å². The van der Waals surface area contributed by atoms with Crippen LogP contribution < -0.4 is 14.8 Å². The first kappa shape index (κ1) is 25.8. The summed E-state index contributed by atoms with van der Waals surface area (Å²) in [6.07, 6.45) is -8.44. The number of ether oxygens (including phenoxy) is 2. The number of carbonyl (C=O) groups excluding carboxylic acids is 1. The highest BCUT2D eigenvalue weighted by Gasteiger charge is 2.33. The van der Waals surface area contributed by atoms with Crippen LogP contribution in [0.4, 0.5) is 32.0 Å². The Labute approximate surface area is 194 Å². The van der Waals surface area contributed by atoms with Crippen molar-refractivity contribution in [2.24, 2.45) is 0 Å². The molecule has 0 atom stereocenters. The van der Waals surface area contributed by atoms with Gasteiger partial charge in [-0.1, -0.05) is 6.07 Å². The minimum Gasteiger partial charge on any atom is -0.438 e. The van der Waals surface area contributed by atoms with Gasteiger partial charge in [0.15, 0.2) is 9.84 Å². The molecule has 0 saturated heterocycles. The van der Waals surface area contributed by atoms with E-state index in [0.717, 1.165) is 36.6 Å². The molecule has 0 radical (unpaired) electrons. The zero-order valence-corrected chi connectivity index (χ0v) is 18.3. The summed E-state index contributed by atoms with van der Waals surface area (Å²) >= 11 is 0. The monoisotopic (exact) mass is 520 g/mol. The van der Waals surface area contributed by atoms with Crippen LogP contribution >= 0.6 is 0 Å². The highest BCUT2D eigenvalue weighted by Crippen LogP contribution is 2.34. The average Bonchev–Trinajstić information content (AvgIpc) is 2.73. The minimum absolute atomic E-state index is 0.0325. The molecule has 0 aliphatic carbocycles. The number of pyridine rings is 1. The van der Waals surface area contributed by atoms with E-state index in [1.54, 1.807) is 0 Å².